The summed E-state index contributed by atoms with van der Waals surface area (Å²) in [4.78, 5) is 4.09. The fourth-order valence-corrected chi connectivity index (χ4v) is 1.50. The molecule has 0 saturated heterocycles. The monoisotopic (exact) mass is 187 g/mol. The van der Waals surface area contributed by atoms with Crippen LogP contribution in [0, 0.1) is 0 Å². The van der Waals surface area contributed by atoms with Gasteiger partial charge in [-0.3, -0.25) is 4.98 Å². The predicted octanol–water partition coefficient (Wildman–Crippen LogP) is 3.82. The highest BCUT2D eigenvalue weighted by molar-refractivity contribution is 5.84. The molecular weight excluding hydrogens is 170 g/mol. The van der Waals surface area contributed by atoms with Crippen LogP contribution >= 0.6 is 0 Å². The first-order chi connectivity index (χ1) is 6.92. The highest BCUT2D eigenvalue weighted by Crippen LogP contribution is 2.17. The van der Waals surface area contributed by atoms with E-state index in [0.717, 1.165) is 6.42 Å². The Morgan fingerprint density at radius 3 is 2.64 bits per heavy atom. The summed E-state index contributed by atoms with van der Waals surface area (Å²) in [6.45, 7) is 6.18. The predicted molar refractivity (Wildman–Crippen MR) is 62.5 cm³/mol. The van der Waals surface area contributed by atoms with Crippen LogP contribution < -0.4 is 0 Å². The first kappa shape index (κ1) is 10.7. The van der Waals surface area contributed by atoms with Crippen molar-refractivity contribution in [2.45, 2.75) is 27.2 Å². The van der Waals surface area contributed by atoms with E-state index in [1.807, 2.05) is 26.2 Å². The molecule has 0 amide bonds. The van der Waals surface area contributed by atoms with Crippen LogP contribution in [0.2, 0.25) is 0 Å². The van der Waals surface area contributed by atoms with Crippen LogP contribution in [0.4, 0.5) is 0 Å². The fraction of sp³-hybridized carbons (Fsp3) is 0.308. The number of aryl methyl sites for hydroxylation is 1. The van der Waals surface area contributed by atoms with Crippen LogP contribution in [0.25, 0.3) is 10.8 Å². The van der Waals surface area contributed by atoms with Crippen LogP contribution in [-0.2, 0) is 6.42 Å². The third-order valence-electron chi connectivity index (χ3n) is 2.15. The van der Waals surface area contributed by atoms with E-state index in [-0.39, 0.29) is 0 Å². The van der Waals surface area contributed by atoms with Crippen molar-refractivity contribution in [3.8, 4) is 0 Å². The Labute approximate surface area is 85.8 Å². The number of benzene rings is 1. The van der Waals surface area contributed by atoms with Gasteiger partial charge in [0.1, 0.15) is 0 Å². The maximum atomic E-state index is 4.09. The first-order valence-electron chi connectivity index (χ1n) is 5.23. The zero-order chi connectivity index (χ0) is 10.4. The van der Waals surface area contributed by atoms with E-state index < -0.39 is 0 Å². The Bertz CT molecular complexity index is 388. The van der Waals surface area contributed by atoms with Gasteiger partial charge < -0.3 is 0 Å². The van der Waals surface area contributed by atoms with Gasteiger partial charge in [0, 0.05) is 17.8 Å². The third-order valence-corrected chi connectivity index (χ3v) is 2.15. The number of pyridine rings is 1. The second kappa shape index (κ2) is 5.38. The highest BCUT2D eigenvalue weighted by atomic mass is 14.6. The molecule has 0 unspecified atom stereocenters. The van der Waals surface area contributed by atoms with Crippen LogP contribution in [-0.4, -0.2) is 4.98 Å². The Hall–Kier alpha value is -1.37. The number of nitrogens with zero attached hydrogens (tertiary/aromatic N) is 1. The van der Waals surface area contributed by atoms with E-state index in [1.54, 1.807) is 0 Å². The van der Waals surface area contributed by atoms with Gasteiger partial charge in [-0.1, -0.05) is 39.0 Å². The average Bonchev–Trinajstić information content (AvgIpc) is 2.31. The van der Waals surface area contributed by atoms with E-state index in [4.69, 9.17) is 0 Å². The van der Waals surface area contributed by atoms with Crippen molar-refractivity contribution in [2.24, 2.45) is 0 Å². The molecule has 0 spiro atoms. The van der Waals surface area contributed by atoms with Crippen molar-refractivity contribution in [1.29, 1.82) is 0 Å². The number of fused-ring (bicyclic) bond motifs is 1. The molecule has 2 aromatic rings. The molecule has 1 aromatic carbocycles. The molecule has 1 nitrogen and oxygen atoms in total. The summed E-state index contributed by atoms with van der Waals surface area (Å²) in [5, 5.41) is 2.56. The molecule has 0 atom stereocenters. The van der Waals surface area contributed by atoms with E-state index in [9.17, 15) is 0 Å². The Balaban J connectivity index is 0.000000461. The Morgan fingerprint density at radius 1 is 1.14 bits per heavy atom. The number of rotatable bonds is 1. The summed E-state index contributed by atoms with van der Waals surface area (Å²) in [5.41, 5.74) is 1.40. The molecule has 0 aliphatic carbocycles. The van der Waals surface area contributed by atoms with Gasteiger partial charge in [-0.25, -0.2) is 0 Å². The van der Waals surface area contributed by atoms with Crippen molar-refractivity contribution >= 4 is 10.8 Å². The molecule has 14 heavy (non-hydrogen) atoms. The Morgan fingerprint density at radius 2 is 1.93 bits per heavy atom. The van der Waals surface area contributed by atoms with Gasteiger partial charge in [0.15, 0.2) is 0 Å². The smallest absolute Gasteiger partial charge is 0.0346 e. The molecule has 74 valence electrons. The lowest BCUT2D eigenvalue weighted by atomic mass is 10.1. The zero-order valence-corrected chi connectivity index (χ0v) is 9.12. The van der Waals surface area contributed by atoms with Crippen molar-refractivity contribution in [2.75, 3.05) is 0 Å². The maximum absolute atomic E-state index is 4.09. The molecule has 0 bridgehead atoms. The second-order valence-electron chi connectivity index (χ2n) is 2.87. The summed E-state index contributed by atoms with van der Waals surface area (Å²) in [5.74, 6) is 0. The molecule has 1 aromatic heterocycles. The molecule has 0 N–H and O–H groups in total. The normalized spacial score (nSPS) is 9.36. The van der Waals surface area contributed by atoms with E-state index >= 15 is 0 Å². The number of aromatic nitrogens is 1. The molecule has 1 heteroatoms. The van der Waals surface area contributed by atoms with Crippen LogP contribution in [0.3, 0.4) is 0 Å². The molecule has 1 heterocycles. The summed E-state index contributed by atoms with van der Waals surface area (Å²) in [7, 11) is 0. The highest BCUT2D eigenvalue weighted by Gasteiger charge is 1.96. The topological polar surface area (TPSA) is 12.9 Å². The van der Waals surface area contributed by atoms with Gasteiger partial charge in [0.05, 0.1) is 0 Å². The van der Waals surface area contributed by atoms with Gasteiger partial charge in [-0.05, 0) is 23.4 Å². The van der Waals surface area contributed by atoms with Gasteiger partial charge in [0.2, 0.25) is 0 Å². The van der Waals surface area contributed by atoms with Gasteiger partial charge in [-0.2, -0.15) is 0 Å². The van der Waals surface area contributed by atoms with Gasteiger partial charge >= 0.3 is 0 Å². The minimum Gasteiger partial charge on any atom is -0.264 e. The lowest BCUT2D eigenvalue weighted by molar-refractivity contribution is 1.16. The second-order valence-corrected chi connectivity index (χ2v) is 2.87. The lowest BCUT2D eigenvalue weighted by Gasteiger charge is -2.01. The zero-order valence-electron chi connectivity index (χ0n) is 9.12. The SMILES string of the molecule is CC.CCc1cccc2cnccc12. The average molecular weight is 187 g/mol. The third kappa shape index (κ3) is 2.11. The summed E-state index contributed by atoms with van der Waals surface area (Å²) < 4.78 is 0. The molecule has 0 saturated carbocycles. The van der Waals surface area contributed by atoms with Crippen molar-refractivity contribution < 1.29 is 0 Å². The van der Waals surface area contributed by atoms with E-state index in [2.05, 4.69) is 36.2 Å². The quantitative estimate of drug-likeness (QED) is 0.661. The standard InChI is InChI=1S/C11H11N.C2H6/c1-2-9-4-3-5-10-8-12-7-6-11(9)10;1-2/h3-8H,2H2,1H3;1-2H3. The minimum atomic E-state index is 1.08. The largest absolute Gasteiger partial charge is 0.264 e. The molecule has 0 aliphatic heterocycles. The van der Waals surface area contributed by atoms with Crippen LogP contribution in [0.1, 0.15) is 26.3 Å². The molecular formula is C13H17N. The van der Waals surface area contributed by atoms with Crippen LogP contribution in [0.15, 0.2) is 36.7 Å². The minimum absolute atomic E-state index is 1.08. The van der Waals surface area contributed by atoms with Crippen LogP contribution in [0.5, 0.6) is 0 Å². The van der Waals surface area contributed by atoms with Gasteiger partial charge in [0.25, 0.3) is 0 Å². The summed E-state index contributed by atoms with van der Waals surface area (Å²) in [6.07, 6.45) is 4.84. The van der Waals surface area contributed by atoms with Crippen molar-refractivity contribution in [3.05, 3.63) is 42.2 Å². The summed E-state index contributed by atoms with van der Waals surface area (Å²) in [6, 6.07) is 8.43. The molecule has 0 fully saturated rings. The van der Waals surface area contributed by atoms with Gasteiger partial charge in [-0.15, -0.1) is 0 Å². The molecule has 0 radical (unpaired) electrons. The number of hydrogen-bond acceptors (Lipinski definition) is 1. The molecule has 2 rings (SSSR count). The van der Waals surface area contributed by atoms with E-state index in [0.29, 0.717) is 0 Å². The Kier molecular flexibility index (Phi) is 4.11. The fourth-order valence-electron chi connectivity index (χ4n) is 1.50. The van der Waals surface area contributed by atoms with Crippen molar-refractivity contribution in [1.82, 2.24) is 4.98 Å². The lowest BCUT2D eigenvalue weighted by Crippen LogP contribution is -1.83. The first-order valence-corrected chi connectivity index (χ1v) is 5.23. The van der Waals surface area contributed by atoms with Crippen molar-refractivity contribution in [3.63, 3.8) is 0 Å². The molecule has 0 aliphatic rings. The summed E-state index contributed by atoms with van der Waals surface area (Å²) >= 11 is 0. The maximum Gasteiger partial charge on any atom is 0.0346 e. The number of hydrogen-bond donors (Lipinski definition) is 0. The van der Waals surface area contributed by atoms with E-state index in [1.165, 1.54) is 16.3 Å².